The molecule has 5 heteroatoms. The molecule has 72 valence electrons. The number of rotatable bonds is 4. The van der Waals surface area contributed by atoms with E-state index < -0.39 is 0 Å². The highest BCUT2D eigenvalue weighted by Crippen LogP contribution is 2.15. The van der Waals surface area contributed by atoms with E-state index in [-0.39, 0.29) is 6.04 Å². The van der Waals surface area contributed by atoms with Crippen molar-refractivity contribution in [1.82, 2.24) is 9.97 Å². The summed E-state index contributed by atoms with van der Waals surface area (Å²) in [5, 5.41) is 3.57. The predicted molar refractivity (Wildman–Crippen MR) is 53.8 cm³/mol. The molecule has 1 rings (SSSR count). The third kappa shape index (κ3) is 3.16. The fraction of sp³-hybridized carbons (Fsp3) is 0.500. The van der Waals surface area contributed by atoms with Crippen molar-refractivity contribution in [1.29, 1.82) is 0 Å². The Balaban J connectivity index is 2.50. The van der Waals surface area contributed by atoms with Gasteiger partial charge in [0.1, 0.15) is 17.2 Å². The van der Waals surface area contributed by atoms with E-state index in [0.717, 1.165) is 6.42 Å². The Labute approximate surface area is 82.5 Å². The van der Waals surface area contributed by atoms with E-state index >= 15 is 0 Å². The molecule has 0 aliphatic carbocycles. The standard InChI is InChI=1S/C8H13ClN4/c1-2-6(10)3-12-8-7(9)4-11-5-13-8/h4-6H,2-3,10H2,1H3,(H,11,12,13). The number of hydrogen-bond donors (Lipinski definition) is 2. The van der Waals surface area contributed by atoms with Gasteiger partial charge in [-0.3, -0.25) is 0 Å². The Kier molecular flexibility index (Phi) is 3.92. The Morgan fingerprint density at radius 3 is 3.08 bits per heavy atom. The number of hydrogen-bond acceptors (Lipinski definition) is 4. The third-order valence-corrected chi connectivity index (χ3v) is 2.00. The Morgan fingerprint density at radius 1 is 1.69 bits per heavy atom. The first-order valence-electron chi connectivity index (χ1n) is 4.19. The van der Waals surface area contributed by atoms with Gasteiger partial charge >= 0.3 is 0 Å². The summed E-state index contributed by atoms with van der Waals surface area (Å²) in [5.41, 5.74) is 5.72. The largest absolute Gasteiger partial charge is 0.367 e. The lowest BCUT2D eigenvalue weighted by Gasteiger charge is -2.10. The summed E-state index contributed by atoms with van der Waals surface area (Å²) in [6, 6.07) is 0.131. The van der Waals surface area contributed by atoms with Crippen LogP contribution in [0.2, 0.25) is 5.02 Å². The number of anilines is 1. The van der Waals surface area contributed by atoms with Gasteiger partial charge in [-0.25, -0.2) is 9.97 Å². The molecule has 1 unspecified atom stereocenters. The average molecular weight is 201 g/mol. The Morgan fingerprint density at radius 2 is 2.46 bits per heavy atom. The lowest BCUT2D eigenvalue weighted by Crippen LogP contribution is -2.28. The van der Waals surface area contributed by atoms with Crippen molar-refractivity contribution >= 4 is 17.4 Å². The van der Waals surface area contributed by atoms with Crippen LogP contribution in [0.4, 0.5) is 5.82 Å². The van der Waals surface area contributed by atoms with Gasteiger partial charge in [0.2, 0.25) is 0 Å². The van der Waals surface area contributed by atoms with Crippen LogP contribution in [0.15, 0.2) is 12.5 Å². The van der Waals surface area contributed by atoms with Crippen LogP contribution < -0.4 is 11.1 Å². The molecule has 0 aliphatic heterocycles. The lowest BCUT2D eigenvalue weighted by atomic mass is 10.2. The molecule has 0 spiro atoms. The maximum Gasteiger partial charge on any atom is 0.148 e. The number of aromatic nitrogens is 2. The van der Waals surface area contributed by atoms with E-state index in [1.807, 2.05) is 6.92 Å². The van der Waals surface area contributed by atoms with Gasteiger partial charge in [-0.2, -0.15) is 0 Å². The minimum absolute atomic E-state index is 0.131. The van der Waals surface area contributed by atoms with Crippen molar-refractivity contribution in [3.05, 3.63) is 17.5 Å². The Bertz CT molecular complexity index is 266. The minimum Gasteiger partial charge on any atom is -0.367 e. The highest BCUT2D eigenvalue weighted by Gasteiger charge is 2.02. The maximum atomic E-state index is 5.82. The molecular formula is C8H13ClN4. The zero-order valence-electron chi connectivity index (χ0n) is 7.50. The van der Waals surface area contributed by atoms with Gasteiger partial charge < -0.3 is 11.1 Å². The highest BCUT2D eigenvalue weighted by molar-refractivity contribution is 6.32. The summed E-state index contributed by atoms with van der Waals surface area (Å²) in [5.74, 6) is 0.639. The van der Waals surface area contributed by atoms with Crippen molar-refractivity contribution in [3.8, 4) is 0 Å². The van der Waals surface area contributed by atoms with Gasteiger partial charge in [-0.15, -0.1) is 0 Å². The van der Waals surface area contributed by atoms with Gasteiger partial charge in [0.25, 0.3) is 0 Å². The molecule has 1 atom stereocenters. The second-order valence-electron chi connectivity index (χ2n) is 2.77. The zero-order chi connectivity index (χ0) is 9.68. The molecule has 1 aromatic heterocycles. The predicted octanol–water partition coefficient (Wildman–Crippen LogP) is 1.28. The molecule has 0 radical (unpaired) electrons. The molecule has 0 aliphatic rings. The van der Waals surface area contributed by atoms with Gasteiger partial charge in [0.15, 0.2) is 0 Å². The average Bonchev–Trinajstić information content (AvgIpc) is 2.16. The van der Waals surface area contributed by atoms with Crippen LogP contribution in [0.25, 0.3) is 0 Å². The van der Waals surface area contributed by atoms with Crippen LogP contribution in [-0.4, -0.2) is 22.6 Å². The summed E-state index contributed by atoms with van der Waals surface area (Å²) in [7, 11) is 0. The highest BCUT2D eigenvalue weighted by atomic mass is 35.5. The Hall–Kier alpha value is -0.870. The summed E-state index contributed by atoms with van der Waals surface area (Å²) in [6.45, 7) is 2.71. The molecule has 13 heavy (non-hydrogen) atoms. The van der Waals surface area contributed by atoms with Gasteiger partial charge in [-0.1, -0.05) is 18.5 Å². The van der Waals surface area contributed by atoms with Crippen LogP contribution in [0.5, 0.6) is 0 Å². The number of nitrogens with zero attached hydrogens (tertiary/aromatic N) is 2. The fourth-order valence-corrected chi connectivity index (χ4v) is 0.987. The van der Waals surface area contributed by atoms with Crippen LogP contribution in [0.1, 0.15) is 13.3 Å². The molecule has 0 saturated carbocycles. The summed E-state index contributed by atoms with van der Waals surface area (Å²) >= 11 is 5.82. The molecule has 0 saturated heterocycles. The van der Waals surface area contributed by atoms with Crippen molar-refractivity contribution in [2.24, 2.45) is 5.73 Å². The van der Waals surface area contributed by atoms with Crippen molar-refractivity contribution < 1.29 is 0 Å². The smallest absolute Gasteiger partial charge is 0.148 e. The first-order valence-corrected chi connectivity index (χ1v) is 4.56. The molecule has 4 nitrogen and oxygen atoms in total. The summed E-state index contributed by atoms with van der Waals surface area (Å²) in [6.07, 6.45) is 3.93. The number of nitrogens with one attached hydrogen (secondary N) is 1. The molecule has 1 heterocycles. The molecule has 0 fully saturated rings. The molecule has 0 amide bonds. The topological polar surface area (TPSA) is 63.8 Å². The normalized spacial score (nSPS) is 12.5. The molecule has 0 bridgehead atoms. The molecule has 3 N–H and O–H groups in total. The van der Waals surface area contributed by atoms with Crippen LogP contribution in [0, 0.1) is 0 Å². The van der Waals surface area contributed by atoms with Crippen LogP contribution >= 0.6 is 11.6 Å². The van der Waals surface area contributed by atoms with E-state index in [9.17, 15) is 0 Å². The van der Waals surface area contributed by atoms with E-state index in [1.54, 1.807) is 6.20 Å². The van der Waals surface area contributed by atoms with Crippen molar-refractivity contribution in [3.63, 3.8) is 0 Å². The molecule has 0 aromatic carbocycles. The third-order valence-electron chi connectivity index (χ3n) is 1.72. The summed E-state index contributed by atoms with van der Waals surface area (Å²) in [4.78, 5) is 7.75. The molecular weight excluding hydrogens is 188 g/mol. The fourth-order valence-electron chi connectivity index (χ4n) is 0.815. The van der Waals surface area contributed by atoms with Crippen molar-refractivity contribution in [2.45, 2.75) is 19.4 Å². The van der Waals surface area contributed by atoms with E-state index in [0.29, 0.717) is 17.4 Å². The minimum atomic E-state index is 0.131. The first kappa shape index (κ1) is 10.2. The van der Waals surface area contributed by atoms with Crippen molar-refractivity contribution in [2.75, 3.05) is 11.9 Å². The van der Waals surface area contributed by atoms with Gasteiger partial charge in [0.05, 0.1) is 6.20 Å². The van der Waals surface area contributed by atoms with E-state index in [2.05, 4.69) is 15.3 Å². The van der Waals surface area contributed by atoms with Gasteiger partial charge in [0, 0.05) is 12.6 Å². The zero-order valence-corrected chi connectivity index (χ0v) is 8.25. The number of nitrogens with two attached hydrogens (primary N) is 1. The second kappa shape index (κ2) is 4.99. The van der Waals surface area contributed by atoms with E-state index in [4.69, 9.17) is 17.3 Å². The first-order chi connectivity index (χ1) is 6.24. The SMILES string of the molecule is CCC(N)CNc1ncncc1Cl. The monoisotopic (exact) mass is 200 g/mol. The quantitative estimate of drug-likeness (QED) is 0.769. The molecule has 1 aromatic rings. The van der Waals surface area contributed by atoms with Crippen LogP contribution in [0.3, 0.4) is 0 Å². The van der Waals surface area contributed by atoms with Gasteiger partial charge in [-0.05, 0) is 6.42 Å². The summed E-state index contributed by atoms with van der Waals surface area (Å²) < 4.78 is 0. The second-order valence-corrected chi connectivity index (χ2v) is 3.18. The number of halogens is 1. The van der Waals surface area contributed by atoms with E-state index in [1.165, 1.54) is 6.33 Å². The lowest BCUT2D eigenvalue weighted by molar-refractivity contribution is 0.678. The van der Waals surface area contributed by atoms with Crippen LogP contribution in [-0.2, 0) is 0 Å². The maximum absolute atomic E-state index is 5.82.